The monoisotopic (exact) mass is 295 g/mol. The minimum absolute atomic E-state index is 0.167. The summed E-state index contributed by atoms with van der Waals surface area (Å²) in [6.07, 6.45) is 0. The summed E-state index contributed by atoms with van der Waals surface area (Å²) in [6, 6.07) is 5.18. The van der Waals surface area contributed by atoms with Gasteiger partial charge in [-0.1, -0.05) is 17.7 Å². The molecule has 1 aromatic heterocycles. The van der Waals surface area contributed by atoms with E-state index in [1.54, 1.807) is 17.5 Å². The minimum Gasteiger partial charge on any atom is -0.322 e. The SMILES string of the molecule is Cc1ccc(Cl)cc1NC(=O)c1csc(C(C)N)n1. The van der Waals surface area contributed by atoms with Crippen LogP contribution in [0.1, 0.15) is 34.0 Å². The molecule has 1 amide bonds. The zero-order valence-electron chi connectivity index (χ0n) is 10.6. The van der Waals surface area contributed by atoms with Crippen LogP contribution in [-0.4, -0.2) is 10.9 Å². The summed E-state index contributed by atoms with van der Waals surface area (Å²) in [7, 11) is 0. The number of aryl methyl sites for hydroxylation is 1. The summed E-state index contributed by atoms with van der Waals surface area (Å²) in [5.41, 5.74) is 7.73. The molecule has 0 aliphatic heterocycles. The van der Waals surface area contributed by atoms with Gasteiger partial charge in [0.05, 0.1) is 6.04 Å². The third kappa shape index (κ3) is 3.32. The number of carbonyl (C=O) groups is 1. The van der Waals surface area contributed by atoms with E-state index >= 15 is 0 Å². The lowest BCUT2D eigenvalue weighted by molar-refractivity contribution is 0.102. The van der Waals surface area contributed by atoms with Crippen molar-refractivity contribution in [3.63, 3.8) is 0 Å². The summed E-state index contributed by atoms with van der Waals surface area (Å²) in [4.78, 5) is 16.3. The molecule has 1 atom stereocenters. The number of benzene rings is 1. The molecule has 0 fully saturated rings. The highest BCUT2D eigenvalue weighted by Crippen LogP contribution is 2.22. The van der Waals surface area contributed by atoms with Gasteiger partial charge in [0.15, 0.2) is 0 Å². The number of carbonyl (C=O) groups excluding carboxylic acids is 1. The maximum Gasteiger partial charge on any atom is 0.275 e. The minimum atomic E-state index is -0.256. The summed E-state index contributed by atoms with van der Waals surface area (Å²) in [5, 5.41) is 5.82. The normalized spacial score (nSPS) is 12.2. The van der Waals surface area contributed by atoms with E-state index in [-0.39, 0.29) is 11.9 Å². The first-order valence-corrected chi connectivity index (χ1v) is 7.01. The van der Waals surface area contributed by atoms with Crippen molar-refractivity contribution in [3.8, 4) is 0 Å². The van der Waals surface area contributed by atoms with Gasteiger partial charge in [-0.25, -0.2) is 4.98 Å². The van der Waals surface area contributed by atoms with E-state index in [9.17, 15) is 4.79 Å². The zero-order valence-corrected chi connectivity index (χ0v) is 12.2. The van der Waals surface area contributed by atoms with Crippen LogP contribution in [0.5, 0.6) is 0 Å². The lowest BCUT2D eigenvalue weighted by Gasteiger charge is -2.07. The van der Waals surface area contributed by atoms with E-state index in [1.807, 2.05) is 19.9 Å². The quantitative estimate of drug-likeness (QED) is 0.912. The van der Waals surface area contributed by atoms with Crippen molar-refractivity contribution < 1.29 is 4.79 Å². The molecule has 0 aliphatic carbocycles. The Morgan fingerprint density at radius 3 is 2.89 bits per heavy atom. The van der Waals surface area contributed by atoms with Gasteiger partial charge in [-0.2, -0.15) is 0 Å². The van der Waals surface area contributed by atoms with Crippen LogP contribution in [-0.2, 0) is 0 Å². The lowest BCUT2D eigenvalue weighted by Crippen LogP contribution is -2.14. The number of thiazole rings is 1. The number of nitrogens with zero attached hydrogens (tertiary/aromatic N) is 1. The standard InChI is InChI=1S/C13H14ClN3OS/c1-7-3-4-9(14)5-10(7)16-12(18)11-6-19-13(17-11)8(2)15/h3-6,8H,15H2,1-2H3,(H,16,18). The van der Waals surface area contributed by atoms with Crippen molar-refractivity contribution in [1.82, 2.24) is 4.98 Å². The number of aromatic nitrogens is 1. The molecule has 4 nitrogen and oxygen atoms in total. The van der Waals surface area contributed by atoms with Gasteiger partial charge in [0.1, 0.15) is 10.7 Å². The number of nitrogens with two attached hydrogens (primary N) is 1. The highest BCUT2D eigenvalue weighted by atomic mass is 35.5. The van der Waals surface area contributed by atoms with E-state index in [4.69, 9.17) is 17.3 Å². The Labute approximate surface area is 120 Å². The average molecular weight is 296 g/mol. The second-order valence-electron chi connectivity index (χ2n) is 4.27. The van der Waals surface area contributed by atoms with Gasteiger partial charge in [-0.15, -0.1) is 11.3 Å². The van der Waals surface area contributed by atoms with Crippen molar-refractivity contribution in [2.24, 2.45) is 5.73 Å². The predicted molar refractivity (Wildman–Crippen MR) is 78.9 cm³/mol. The van der Waals surface area contributed by atoms with Crippen LogP contribution in [0.3, 0.4) is 0 Å². The molecule has 0 radical (unpaired) electrons. The summed E-state index contributed by atoms with van der Waals surface area (Å²) >= 11 is 7.29. The molecule has 1 aromatic carbocycles. The number of halogens is 1. The van der Waals surface area contributed by atoms with Gasteiger partial charge in [0.2, 0.25) is 0 Å². The fraction of sp³-hybridized carbons (Fsp3) is 0.231. The molecule has 0 bridgehead atoms. The molecule has 0 saturated carbocycles. The molecule has 1 heterocycles. The molecule has 100 valence electrons. The van der Waals surface area contributed by atoms with Gasteiger partial charge in [0, 0.05) is 16.1 Å². The predicted octanol–water partition coefficient (Wildman–Crippen LogP) is 3.38. The van der Waals surface area contributed by atoms with Crippen LogP contribution in [0.15, 0.2) is 23.6 Å². The largest absolute Gasteiger partial charge is 0.322 e. The number of amides is 1. The summed E-state index contributed by atoms with van der Waals surface area (Å²) < 4.78 is 0. The molecule has 1 unspecified atom stereocenters. The topological polar surface area (TPSA) is 68.0 Å². The van der Waals surface area contributed by atoms with Crippen molar-refractivity contribution in [3.05, 3.63) is 44.9 Å². The first-order valence-electron chi connectivity index (χ1n) is 5.76. The van der Waals surface area contributed by atoms with Gasteiger partial charge >= 0.3 is 0 Å². The third-order valence-electron chi connectivity index (χ3n) is 2.59. The van der Waals surface area contributed by atoms with Crippen molar-refractivity contribution >= 4 is 34.5 Å². The molecule has 19 heavy (non-hydrogen) atoms. The number of hydrogen-bond donors (Lipinski definition) is 2. The molecule has 3 N–H and O–H groups in total. The summed E-state index contributed by atoms with van der Waals surface area (Å²) in [6.45, 7) is 3.74. The molecular formula is C13H14ClN3OS. The second-order valence-corrected chi connectivity index (χ2v) is 5.60. The Balaban J connectivity index is 2.18. The molecule has 2 aromatic rings. The average Bonchev–Trinajstić information content (AvgIpc) is 2.83. The van der Waals surface area contributed by atoms with Crippen LogP contribution < -0.4 is 11.1 Å². The lowest BCUT2D eigenvalue weighted by atomic mass is 10.2. The Hall–Kier alpha value is -1.43. The van der Waals surface area contributed by atoms with Crippen LogP contribution >= 0.6 is 22.9 Å². The molecule has 0 aliphatic rings. The van der Waals surface area contributed by atoms with E-state index < -0.39 is 0 Å². The van der Waals surface area contributed by atoms with E-state index in [0.717, 1.165) is 10.6 Å². The maximum atomic E-state index is 12.1. The van der Waals surface area contributed by atoms with Gasteiger partial charge < -0.3 is 11.1 Å². The van der Waals surface area contributed by atoms with Gasteiger partial charge in [0.25, 0.3) is 5.91 Å². The van der Waals surface area contributed by atoms with E-state index in [1.165, 1.54) is 11.3 Å². The van der Waals surface area contributed by atoms with Crippen LogP contribution in [0, 0.1) is 6.92 Å². The second kappa shape index (κ2) is 5.69. The molecule has 0 spiro atoms. The van der Waals surface area contributed by atoms with Crippen LogP contribution in [0.2, 0.25) is 5.02 Å². The van der Waals surface area contributed by atoms with Gasteiger partial charge in [-0.3, -0.25) is 4.79 Å². The highest BCUT2D eigenvalue weighted by Gasteiger charge is 2.13. The number of anilines is 1. The number of hydrogen-bond acceptors (Lipinski definition) is 4. The van der Waals surface area contributed by atoms with Crippen LogP contribution in [0.4, 0.5) is 5.69 Å². The van der Waals surface area contributed by atoms with Crippen molar-refractivity contribution in [2.45, 2.75) is 19.9 Å². The third-order valence-corrected chi connectivity index (χ3v) is 3.87. The Bertz CT molecular complexity index is 610. The highest BCUT2D eigenvalue weighted by molar-refractivity contribution is 7.09. The number of rotatable bonds is 3. The van der Waals surface area contributed by atoms with E-state index in [0.29, 0.717) is 16.4 Å². The smallest absolute Gasteiger partial charge is 0.275 e. The molecule has 0 saturated heterocycles. The number of nitrogens with one attached hydrogen (secondary N) is 1. The molecule has 2 rings (SSSR count). The Kier molecular flexibility index (Phi) is 4.19. The first kappa shape index (κ1) is 14.0. The van der Waals surface area contributed by atoms with Crippen LogP contribution in [0.25, 0.3) is 0 Å². The van der Waals surface area contributed by atoms with Crippen molar-refractivity contribution in [1.29, 1.82) is 0 Å². The van der Waals surface area contributed by atoms with E-state index in [2.05, 4.69) is 10.3 Å². The first-order chi connectivity index (χ1) is 8.97. The molecular weight excluding hydrogens is 282 g/mol. The molecule has 6 heteroatoms. The zero-order chi connectivity index (χ0) is 14.0. The van der Waals surface area contributed by atoms with Crippen molar-refractivity contribution in [2.75, 3.05) is 5.32 Å². The fourth-order valence-electron chi connectivity index (χ4n) is 1.52. The Morgan fingerprint density at radius 1 is 1.53 bits per heavy atom. The Morgan fingerprint density at radius 2 is 2.26 bits per heavy atom. The maximum absolute atomic E-state index is 12.1. The fourth-order valence-corrected chi connectivity index (χ4v) is 2.45. The van der Waals surface area contributed by atoms with Gasteiger partial charge in [-0.05, 0) is 31.5 Å². The summed E-state index contributed by atoms with van der Waals surface area (Å²) in [5.74, 6) is -0.256.